The molecule has 0 atom stereocenters. The molecule has 72 heavy (non-hydrogen) atoms. The van der Waals surface area contributed by atoms with Gasteiger partial charge >= 0.3 is 0 Å². The van der Waals surface area contributed by atoms with Crippen LogP contribution in [0.1, 0.15) is 157 Å². The van der Waals surface area contributed by atoms with Crippen LogP contribution in [-0.2, 0) is 9.59 Å². The minimum Gasteiger partial charge on any atom is -0.356 e. The van der Waals surface area contributed by atoms with Crippen molar-refractivity contribution in [3.63, 3.8) is 0 Å². The summed E-state index contributed by atoms with van der Waals surface area (Å²) in [5.74, 6) is 4.22. The SMILES string of the molecule is O=C(CC12CC3CC(CC(C3)C1)C2)NCCCN1CCN(CCCN2C(=O)c3ccc4c5c(ccc(c35)C2=O)C(=O)N(CCCN2CCN(CCCNC(=O)CC35CC6CC(CC(C6)C3)C5)CC2)C4=O)CC1. The molecule has 8 aliphatic carbocycles. The highest BCUT2D eigenvalue weighted by Gasteiger charge is 2.53. The summed E-state index contributed by atoms with van der Waals surface area (Å²) in [7, 11) is 0. The molecule has 10 fully saturated rings. The number of nitrogens with one attached hydrogen (secondary N) is 2. The molecule has 388 valence electrons. The molecule has 0 aromatic heterocycles. The van der Waals surface area contributed by atoms with Gasteiger partial charge < -0.3 is 30.2 Å². The van der Waals surface area contributed by atoms with Gasteiger partial charge in [-0.2, -0.15) is 0 Å². The van der Waals surface area contributed by atoms with Crippen LogP contribution in [0.15, 0.2) is 24.3 Å². The van der Waals surface area contributed by atoms with Gasteiger partial charge in [0.1, 0.15) is 0 Å². The Hall–Kier alpha value is -4.24. The van der Waals surface area contributed by atoms with Crippen molar-refractivity contribution >= 4 is 46.2 Å². The summed E-state index contributed by atoms with van der Waals surface area (Å²) in [5.41, 5.74) is 2.04. The van der Waals surface area contributed by atoms with E-state index in [2.05, 4.69) is 30.2 Å². The van der Waals surface area contributed by atoms with Crippen LogP contribution in [0.5, 0.6) is 0 Å². The molecule has 12 aliphatic rings. The zero-order valence-electron chi connectivity index (χ0n) is 42.9. The van der Waals surface area contributed by atoms with Crippen LogP contribution in [0.2, 0.25) is 0 Å². The second-order valence-electron chi connectivity index (χ2n) is 25.3. The van der Waals surface area contributed by atoms with Gasteiger partial charge in [-0.05, 0) is 200 Å². The number of nitrogens with zero attached hydrogens (tertiary/aromatic N) is 6. The quantitative estimate of drug-likeness (QED) is 0.115. The van der Waals surface area contributed by atoms with Gasteiger partial charge in [-0.1, -0.05) is 0 Å². The molecule has 8 saturated carbocycles. The van der Waals surface area contributed by atoms with Crippen molar-refractivity contribution in [3.8, 4) is 0 Å². The van der Waals surface area contributed by atoms with E-state index >= 15 is 0 Å². The lowest BCUT2D eigenvalue weighted by Crippen LogP contribution is -2.49. The smallest absolute Gasteiger partial charge is 0.261 e. The maximum Gasteiger partial charge on any atom is 0.261 e. The topological polar surface area (TPSA) is 146 Å². The van der Waals surface area contributed by atoms with E-state index in [1.807, 2.05) is 0 Å². The minimum absolute atomic E-state index is 0.253. The van der Waals surface area contributed by atoms with E-state index in [-0.39, 0.29) is 46.3 Å². The lowest BCUT2D eigenvalue weighted by Gasteiger charge is -2.56. The van der Waals surface area contributed by atoms with Crippen molar-refractivity contribution in [2.45, 2.75) is 116 Å². The summed E-state index contributed by atoms with van der Waals surface area (Å²) in [6.45, 7) is 13.1. The Labute approximate surface area is 426 Å². The third-order valence-electron chi connectivity index (χ3n) is 20.1. The number of piperazine rings is 2. The van der Waals surface area contributed by atoms with Gasteiger partial charge in [-0.3, -0.25) is 38.6 Å². The van der Waals surface area contributed by atoms with Crippen LogP contribution in [0.3, 0.4) is 0 Å². The largest absolute Gasteiger partial charge is 0.356 e. The maximum absolute atomic E-state index is 14.0. The first-order valence-electron chi connectivity index (χ1n) is 28.7. The Morgan fingerprint density at radius 3 is 0.944 bits per heavy atom. The summed E-state index contributed by atoms with van der Waals surface area (Å²) in [6.07, 6.45) is 20.7. The molecule has 2 saturated heterocycles. The van der Waals surface area contributed by atoms with Crippen molar-refractivity contribution in [2.75, 3.05) is 105 Å². The fourth-order valence-electron chi connectivity index (χ4n) is 17.6. The zero-order valence-corrected chi connectivity index (χ0v) is 42.9. The molecular formula is C58H80N8O6. The number of carbonyl (C=O) groups excluding carboxylic acids is 6. The number of imide groups is 2. The Kier molecular flexibility index (Phi) is 13.6. The molecule has 8 bridgehead atoms. The Bertz CT molecular complexity index is 2150. The van der Waals surface area contributed by atoms with Crippen LogP contribution >= 0.6 is 0 Å². The summed E-state index contributed by atoms with van der Waals surface area (Å²) in [6, 6.07) is 6.68. The first kappa shape index (κ1) is 48.7. The lowest BCUT2D eigenvalue weighted by molar-refractivity contribution is -0.130. The number of carbonyl (C=O) groups is 6. The lowest BCUT2D eigenvalue weighted by atomic mass is 9.49. The molecular weight excluding hydrogens is 905 g/mol. The first-order valence-corrected chi connectivity index (χ1v) is 28.7. The van der Waals surface area contributed by atoms with Gasteiger partial charge in [0.25, 0.3) is 23.6 Å². The van der Waals surface area contributed by atoms with E-state index in [1.54, 1.807) is 24.3 Å². The zero-order chi connectivity index (χ0) is 49.1. The molecule has 6 amide bonds. The Morgan fingerprint density at radius 2 is 0.667 bits per heavy atom. The standard InChI is InChI=1S/C58H80N8O6/c67-49(37-57-31-39-25-40(32-57)27-41(26-39)33-57)59-9-1-11-61-17-21-63(22-18-61)13-3-15-65-53(69)45-5-7-47-52-48(8-6-46(51(45)52)54(65)70)56(72)66(55(47)71)16-4-14-64-23-19-62(20-24-64)12-2-10-60-50(68)38-58-34-42-28-43(35-58)30-44(29-42)36-58/h5-8,39-44H,1-4,9-38H2,(H,59,67)(H,60,68). The van der Waals surface area contributed by atoms with E-state index < -0.39 is 0 Å². The van der Waals surface area contributed by atoms with Crippen molar-refractivity contribution in [3.05, 3.63) is 46.5 Å². The third-order valence-corrected chi connectivity index (χ3v) is 20.1. The highest BCUT2D eigenvalue weighted by Crippen LogP contribution is 2.62. The summed E-state index contributed by atoms with van der Waals surface area (Å²) in [5, 5.41) is 7.37. The van der Waals surface area contributed by atoms with Crippen LogP contribution < -0.4 is 10.6 Å². The van der Waals surface area contributed by atoms with Gasteiger partial charge in [-0.25, -0.2) is 0 Å². The highest BCUT2D eigenvalue weighted by molar-refractivity contribution is 6.33. The average Bonchev–Trinajstić information content (AvgIpc) is 3.34. The molecule has 2 aromatic rings. The van der Waals surface area contributed by atoms with E-state index in [4.69, 9.17) is 0 Å². The fourth-order valence-corrected chi connectivity index (χ4v) is 17.6. The molecule has 14 heteroatoms. The van der Waals surface area contributed by atoms with Gasteiger partial charge in [0.15, 0.2) is 0 Å². The molecule has 0 unspecified atom stereocenters. The van der Waals surface area contributed by atoms with Gasteiger partial charge in [-0.15, -0.1) is 0 Å². The number of rotatable bonds is 20. The predicted molar refractivity (Wildman–Crippen MR) is 275 cm³/mol. The number of hydrogen-bond donors (Lipinski definition) is 2. The molecule has 2 N–H and O–H groups in total. The second kappa shape index (κ2) is 20.1. The van der Waals surface area contributed by atoms with Gasteiger partial charge in [0, 0.05) is 124 Å². The molecule has 4 aliphatic heterocycles. The molecule has 4 heterocycles. The fraction of sp³-hybridized carbons (Fsp3) is 0.724. The highest BCUT2D eigenvalue weighted by atomic mass is 16.2. The van der Waals surface area contributed by atoms with Gasteiger partial charge in [0.2, 0.25) is 11.8 Å². The van der Waals surface area contributed by atoms with Gasteiger partial charge in [0.05, 0.1) is 0 Å². The van der Waals surface area contributed by atoms with Crippen molar-refractivity contribution < 1.29 is 28.8 Å². The number of hydrogen-bond acceptors (Lipinski definition) is 10. The number of benzene rings is 2. The van der Waals surface area contributed by atoms with Crippen LogP contribution in [0, 0.1) is 46.3 Å². The minimum atomic E-state index is -0.373. The Morgan fingerprint density at radius 1 is 0.403 bits per heavy atom. The molecule has 0 radical (unpaired) electrons. The summed E-state index contributed by atoms with van der Waals surface area (Å²) in [4.78, 5) is 94.4. The maximum atomic E-state index is 14.0. The van der Waals surface area contributed by atoms with Crippen molar-refractivity contribution in [1.29, 1.82) is 0 Å². The molecule has 0 spiro atoms. The second-order valence-corrected chi connectivity index (χ2v) is 25.3. The van der Waals surface area contributed by atoms with E-state index in [1.165, 1.54) is 86.8 Å². The van der Waals surface area contributed by atoms with Crippen LogP contribution in [0.4, 0.5) is 0 Å². The predicted octanol–water partition coefficient (Wildman–Crippen LogP) is 6.27. The summed E-state index contributed by atoms with van der Waals surface area (Å²) >= 11 is 0. The van der Waals surface area contributed by atoms with Crippen LogP contribution in [-0.4, -0.2) is 170 Å². The van der Waals surface area contributed by atoms with Crippen LogP contribution in [0.25, 0.3) is 10.8 Å². The van der Waals surface area contributed by atoms with E-state index in [0.717, 1.165) is 153 Å². The van der Waals surface area contributed by atoms with E-state index in [9.17, 15) is 28.8 Å². The first-order chi connectivity index (χ1) is 35.0. The summed E-state index contributed by atoms with van der Waals surface area (Å²) < 4.78 is 0. The molecule has 2 aromatic carbocycles. The Balaban J connectivity index is 0.549. The normalized spacial score (nSPS) is 32.2. The molecule has 14 nitrogen and oxygen atoms in total. The van der Waals surface area contributed by atoms with Crippen molar-refractivity contribution in [2.24, 2.45) is 46.3 Å². The molecule has 14 rings (SSSR count). The number of amides is 6. The monoisotopic (exact) mass is 985 g/mol. The van der Waals surface area contributed by atoms with E-state index in [0.29, 0.717) is 59.0 Å². The third kappa shape index (κ3) is 9.80. The average molecular weight is 985 g/mol. The van der Waals surface area contributed by atoms with Crippen molar-refractivity contribution in [1.82, 2.24) is 40.0 Å².